The number of aryl methyl sites for hydroxylation is 3. The smallest absolute Gasteiger partial charge is 0.222 e. The molecule has 0 spiro atoms. The Morgan fingerprint density at radius 2 is 2.11 bits per heavy atom. The maximum absolute atomic E-state index is 6.00. The zero-order chi connectivity index (χ0) is 14.0. The maximum atomic E-state index is 6.00. The summed E-state index contributed by atoms with van der Waals surface area (Å²) < 4.78 is 7.76. The van der Waals surface area contributed by atoms with Crippen LogP contribution in [0, 0.1) is 13.8 Å². The Morgan fingerprint density at radius 3 is 2.74 bits per heavy atom. The molecule has 1 heterocycles. The van der Waals surface area contributed by atoms with Gasteiger partial charge in [0.25, 0.3) is 0 Å². The molecule has 2 rings (SSSR count). The lowest BCUT2D eigenvalue weighted by Crippen LogP contribution is -2.07. The molecule has 1 aromatic carbocycles. The highest BCUT2D eigenvalue weighted by Crippen LogP contribution is 2.30. The van der Waals surface area contributed by atoms with Crippen LogP contribution >= 0.6 is 11.6 Å². The summed E-state index contributed by atoms with van der Waals surface area (Å²) in [6, 6.07) is 5.59. The first-order chi connectivity index (χ1) is 9.02. The Balaban J connectivity index is 2.37. The van der Waals surface area contributed by atoms with Gasteiger partial charge in [-0.05, 0) is 44.7 Å². The summed E-state index contributed by atoms with van der Waals surface area (Å²) in [5.74, 6) is 1.56. The molecule has 1 aromatic heterocycles. The standard InChI is InChI=1S/C14H18ClN3O/c1-9-7-11(15)5-6-13(9)19-14-12(8-16-3)10(2)17-18(14)4/h5-7,16H,8H2,1-4H3. The first-order valence-electron chi connectivity index (χ1n) is 6.14. The van der Waals surface area contributed by atoms with Crippen LogP contribution in [0.25, 0.3) is 0 Å². The minimum atomic E-state index is 0.710. The van der Waals surface area contributed by atoms with Crippen molar-refractivity contribution in [2.75, 3.05) is 7.05 Å². The molecule has 0 saturated heterocycles. The molecule has 0 bridgehead atoms. The van der Waals surface area contributed by atoms with Crippen molar-refractivity contribution >= 4 is 11.6 Å². The second kappa shape index (κ2) is 5.63. The highest BCUT2D eigenvalue weighted by atomic mass is 35.5. The lowest BCUT2D eigenvalue weighted by Gasteiger charge is -2.11. The van der Waals surface area contributed by atoms with Gasteiger partial charge >= 0.3 is 0 Å². The Kier molecular flexibility index (Phi) is 4.12. The summed E-state index contributed by atoms with van der Waals surface area (Å²) in [5.41, 5.74) is 3.04. The van der Waals surface area contributed by atoms with E-state index in [4.69, 9.17) is 16.3 Å². The van der Waals surface area contributed by atoms with Gasteiger partial charge in [0.05, 0.1) is 11.3 Å². The lowest BCUT2D eigenvalue weighted by atomic mass is 10.2. The molecule has 0 atom stereocenters. The van der Waals surface area contributed by atoms with Crippen molar-refractivity contribution in [2.45, 2.75) is 20.4 Å². The molecule has 0 amide bonds. The summed E-state index contributed by atoms with van der Waals surface area (Å²) >= 11 is 5.95. The summed E-state index contributed by atoms with van der Waals surface area (Å²) in [4.78, 5) is 0. The van der Waals surface area contributed by atoms with E-state index >= 15 is 0 Å². The second-order valence-electron chi connectivity index (χ2n) is 4.53. The first-order valence-corrected chi connectivity index (χ1v) is 6.51. The fourth-order valence-corrected chi connectivity index (χ4v) is 2.25. The van der Waals surface area contributed by atoms with E-state index in [1.165, 1.54) is 0 Å². The molecule has 0 saturated carbocycles. The fourth-order valence-electron chi connectivity index (χ4n) is 2.02. The van der Waals surface area contributed by atoms with Crippen molar-refractivity contribution in [1.29, 1.82) is 0 Å². The molecule has 19 heavy (non-hydrogen) atoms. The van der Waals surface area contributed by atoms with Gasteiger partial charge in [-0.25, -0.2) is 4.68 Å². The van der Waals surface area contributed by atoms with Gasteiger partial charge in [-0.15, -0.1) is 0 Å². The van der Waals surface area contributed by atoms with Gasteiger partial charge in [-0.1, -0.05) is 11.6 Å². The predicted molar refractivity (Wildman–Crippen MR) is 77.0 cm³/mol. The molecule has 5 heteroatoms. The monoisotopic (exact) mass is 279 g/mol. The molecule has 0 radical (unpaired) electrons. The molecular formula is C14H18ClN3O. The number of benzene rings is 1. The summed E-state index contributed by atoms with van der Waals surface area (Å²) in [6.45, 7) is 4.68. The molecule has 0 aliphatic rings. The van der Waals surface area contributed by atoms with Crippen LogP contribution in [0.4, 0.5) is 0 Å². The van der Waals surface area contributed by atoms with Crippen molar-refractivity contribution in [3.8, 4) is 11.6 Å². The molecule has 0 unspecified atom stereocenters. The highest BCUT2D eigenvalue weighted by molar-refractivity contribution is 6.30. The van der Waals surface area contributed by atoms with Crippen LogP contribution in [-0.4, -0.2) is 16.8 Å². The van der Waals surface area contributed by atoms with Gasteiger partial charge in [-0.3, -0.25) is 0 Å². The molecule has 2 aromatic rings. The van der Waals surface area contributed by atoms with E-state index in [2.05, 4.69) is 10.4 Å². The van der Waals surface area contributed by atoms with Gasteiger partial charge in [0.2, 0.25) is 5.88 Å². The average molecular weight is 280 g/mol. The molecule has 0 fully saturated rings. The van der Waals surface area contributed by atoms with E-state index in [1.807, 2.05) is 46.1 Å². The number of halogens is 1. The van der Waals surface area contributed by atoms with E-state index in [0.717, 1.165) is 35.0 Å². The Labute approximate surface area is 118 Å². The van der Waals surface area contributed by atoms with Crippen LogP contribution in [0.5, 0.6) is 11.6 Å². The minimum absolute atomic E-state index is 0.710. The molecular weight excluding hydrogens is 262 g/mol. The van der Waals surface area contributed by atoms with Crippen molar-refractivity contribution in [3.05, 3.63) is 40.0 Å². The number of nitrogens with zero attached hydrogens (tertiary/aromatic N) is 2. The van der Waals surface area contributed by atoms with Crippen LogP contribution in [0.15, 0.2) is 18.2 Å². The minimum Gasteiger partial charge on any atom is -0.439 e. The Bertz CT molecular complexity index is 593. The van der Waals surface area contributed by atoms with Gasteiger partial charge < -0.3 is 10.1 Å². The highest BCUT2D eigenvalue weighted by Gasteiger charge is 2.15. The number of rotatable bonds is 4. The van der Waals surface area contributed by atoms with Crippen molar-refractivity contribution in [1.82, 2.24) is 15.1 Å². The third kappa shape index (κ3) is 2.91. The van der Waals surface area contributed by atoms with E-state index in [-0.39, 0.29) is 0 Å². The zero-order valence-electron chi connectivity index (χ0n) is 11.6. The van der Waals surface area contributed by atoms with Gasteiger partial charge in [-0.2, -0.15) is 5.10 Å². The van der Waals surface area contributed by atoms with Crippen LogP contribution in [-0.2, 0) is 13.6 Å². The maximum Gasteiger partial charge on any atom is 0.222 e. The van der Waals surface area contributed by atoms with Crippen LogP contribution < -0.4 is 10.1 Å². The van der Waals surface area contributed by atoms with Crippen LogP contribution in [0.3, 0.4) is 0 Å². The summed E-state index contributed by atoms with van der Waals surface area (Å²) in [7, 11) is 3.79. The second-order valence-corrected chi connectivity index (χ2v) is 4.97. The molecule has 4 nitrogen and oxygen atoms in total. The molecule has 0 aliphatic carbocycles. The Hall–Kier alpha value is -1.52. The topological polar surface area (TPSA) is 39.1 Å². The number of hydrogen-bond donors (Lipinski definition) is 1. The first kappa shape index (κ1) is 13.9. The fraction of sp³-hybridized carbons (Fsp3) is 0.357. The van der Waals surface area contributed by atoms with Crippen molar-refractivity contribution in [3.63, 3.8) is 0 Å². The van der Waals surface area contributed by atoms with E-state index in [1.54, 1.807) is 4.68 Å². The SMILES string of the molecule is CNCc1c(C)nn(C)c1Oc1ccc(Cl)cc1C. The number of hydrogen-bond acceptors (Lipinski definition) is 3. The Morgan fingerprint density at radius 1 is 1.37 bits per heavy atom. The van der Waals surface area contributed by atoms with Crippen molar-refractivity contribution in [2.24, 2.45) is 7.05 Å². The normalized spacial score (nSPS) is 10.8. The zero-order valence-corrected chi connectivity index (χ0v) is 12.4. The van der Waals surface area contributed by atoms with E-state index in [9.17, 15) is 0 Å². The molecule has 0 aliphatic heterocycles. The molecule has 102 valence electrons. The quantitative estimate of drug-likeness (QED) is 0.934. The van der Waals surface area contributed by atoms with Crippen molar-refractivity contribution < 1.29 is 4.74 Å². The van der Waals surface area contributed by atoms with E-state index in [0.29, 0.717) is 5.02 Å². The largest absolute Gasteiger partial charge is 0.439 e. The summed E-state index contributed by atoms with van der Waals surface area (Å²) in [5, 5.41) is 8.24. The number of aromatic nitrogens is 2. The third-order valence-electron chi connectivity index (χ3n) is 2.99. The molecule has 1 N–H and O–H groups in total. The lowest BCUT2D eigenvalue weighted by molar-refractivity contribution is 0.422. The van der Waals surface area contributed by atoms with Gasteiger partial charge in [0.1, 0.15) is 5.75 Å². The van der Waals surface area contributed by atoms with Crippen LogP contribution in [0.1, 0.15) is 16.8 Å². The third-order valence-corrected chi connectivity index (χ3v) is 3.22. The predicted octanol–water partition coefficient (Wildman–Crippen LogP) is 3.20. The summed E-state index contributed by atoms with van der Waals surface area (Å²) in [6.07, 6.45) is 0. The number of ether oxygens (including phenoxy) is 1. The number of nitrogens with one attached hydrogen (secondary N) is 1. The van der Waals surface area contributed by atoms with E-state index < -0.39 is 0 Å². The van der Waals surface area contributed by atoms with Crippen LogP contribution in [0.2, 0.25) is 5.02 Å². The van der Waals surface area contributed by atoms with Gasteiger partial charge in [0.15, 0.2) is 0 Å². The average Bonchev–Trinajstić information content (AvgIpc) is 2.60. The van der Waals surface area contributed by atoms with Gasteiger partial charge in [0, 0.05) is 18.6 Å².